The Morgan fingerprint density at radius 3 is 2.40 bits per heavy atom. The molecule has 0 radical (unpaired) electrons. The van der Waals surface area contributed by atoms with E-state index in [1.807, 2.05) is 26.8 Å². The van der Waals surface area contributed by atoms with Crippen LogP contribution in [0.15, 0.2) is 23.1 Å². The Bertz CT molecular complexity index is 543. The first-order valence-corrected chi connectivity index (χ1v) is 8.70. The smallest absolute Gasteiger partial charge is 0.243 e. The van der Waals surface area contributed by atoms with Gasteiger partial charge in [-0.05, 0) is 56.5 Å². The van der Waals surface area contributed by atoms with Crippen molar-refractivity contribution in [3.05, 3.63) is 29.3 Å². The number of nitrogens with zero attached hydrogens (tertiary/aromatic N) is 1. The zero-order valence-corrected chi connectivity index (χ0v) is 13.3. The Hall–Kier alpha value is -0.910. The van der Waals surface area contributed by atoms with Crippen LogP contribution in [0, 0.1) is 13.8 Å². The van der Waals surface area contributed by atoms with E-state index in [-0.39, 0.29) is 6.04 Å². The molecule has 1 aromatic carbocycles. The number of hydrogen-bond donors (Lipinski definition) is 1. The molecule has 0 aromatic heterocycles. The Morgan fingerprint density at radius 2 is 1.90 bits per heavy atom. The molecule has 0 spiro atoms. The molecule has 0 aliphatic carbocycles. The zero-order valence-electron chi connectivity index (χ0n) is 12.5. The van der Waals surface area contributed by atoms with Crippen molar-refractivity contribution in [1.29, 1.82) is 0 Å². The van der Waals surface area contributed by atoms with Gasteiger partial charge >= 0.3 is 0 Å². The van der Waals surface area contributed by atoms with Crippen molar-refractivity contribution in [1.82, 2.24) is 9.62 Å². The van der Waals surface area contributed by atoms with Crippen molar-refractivity contribution < 1.29 is 8.42 Å². The molecule has 0 bridgehead atoms. The number of rotatable bonds is 4. The van der Waals surface area contributed by atoms with Gasteiger partial charge in [0.1, 0.15) is 0 Å². The van der Waals surface area contributed by atoms with Crippen molar-refractivity contribution in [2.24, 2.45) is 0 Å². The lowest BCUT2D eigenvalue weighted by Gasteiger charge is -2.33. The van der Waals surface area contributed by atoms with Crippen molar-refractivity contribution >= 4 is 10.0 Å². The van der Waals surface area contributed by atoms with Gasteiger partial charge in [-0.2, -0.15) is 4.31 Å². The molecule has 5 heteroatoms. The number of benzene rings is 1. The van der Waals surface area contributed by atoms with Gasteiger partial charge in [-0.25, -0.2) is 8.42 Å². The lowest BCUT2D eigenvalue weighted by molar-refractivity contribution is 0.274. The molecule has 1 heterocycles. The second kappa shape index (κ2) is 6.24. The van der Waals surface area contributed by atoms with E-state index in [1.165, 1.54) is 0 Å². The topological polar surface area (TPSA) is 49.4 Å². The maximum Gasteiger partial charge on any atom is 0.243 e. The first kappa shape index (κ1) is 15.5. The third-order valence-electron chi connectivity index (χ3n) is 3.79. The highest BCUT2D eigenvalue weighted by Gasteiger charge is 2.31. The van der Waals surface area contributed by atoms with Crippen LogP contribution in [0.3, 0.4) is 0 Å². The summed E-state index contributed by atoms with van der Waals surface area (Å²) in [5.41, 5.74) is 1.97. The molecule has 1 aliphatic rings. The van der Waals surface area contributed by atoms with E-state index in [0.29, 0.717) is 11.4 Å². The van der Waals surface area contributed by atoms with Gasteiger partial charge in [-0.15, -0.1) is 0 Å². The highest BCUT2D eigenvalue weighted by atomic mass is 32.2. The normalized spacial score (nSPS) is 20.3. The Kier molecular flexibility index (Phi) is 4.83. The Morgan fingerprint density at radius 1 is 1.25 bits per heavy atom. The zero-order chi connectivity index (χ0) is 14.8. The summed E-state index contributed by atoms with van der Waals surface area (Å²) in [4.78, 5) is 0.419. The first-order valence-electron chi connectivity index (χ1n) is 7.26. The molecule has 2 rings (SSSR count). The van der Waals surface area contributed by atoms with Crippen molar-refractivity contribution in [3.8, 4) is 0 Å². The second-order valence-electron chi connectivity index (χ2n) is 5.53. The van der Waals surface area contributed by atoms with Gasteiger partial charge in [0.15, 0.2) is 0 Å². The van der Waals surface area contributed by atoms with Gasteiger partial charge in [-0.3, -0.25) is 0 Å². The fourth-order valence-corrected chi connectivity index (χ4v) is 4.77. The molecule has 0 amide bonds. The van der Waals surface area contributed by atoms with Crippen molar-refractivity contribution in [2.75, 3.05) is 19.6 Å². The summed E-state index contributed by atoms with van der Waals surface area (Å²) >= 11 is 0. The van der Waals surface area contributed by atoms with Gasteiger partial charge in [0, 0.05) is 19.1 Å². The third-order valence-corrected chi connectivity index (χ3v) is 5.80. The molecule has 1 aliphatic heterocycles. The van der Waals surface area contributed by atoms with Crippen LogP contribution >= 0.6 is 0 Å². The molecule has 1 fully saturated rings. The van der Waals surface area contributed by atoms with E-state index in [0.717, 1.165) is 37.1 Å². The predicted molar refractivity (Wildman–Crippen MR) is 81.4 cm³/mol. The van der Waals surface area contributed by atoms with E-state index >= 15 is 0 Å². The van der Waals surface area contributed by atoms with Crippen LogP contribution in [0.25, 0.3) is 0 Å². The second-order valence-corrected chi connectivity index (χ2v) is 7.42. The number of aryl methyl sites for hydroxylation is 2. The van der Waals surface area contributed by atoms with Crippen LogP contribution in [-0.2, 0) is 10.0 Å². The van der Waals surface area contributed by atoms with Gasteiger partial charge in [0.2, 0.25) is 10.0 Å². The number of likely N-dealkylation sites (N-methyl/N-ethyl adjacent to an activating group) is 1. The Labute approximate surface area is 122 Å². The standard InChI is InChI=1S/C15H24N2O2S/c1-4-17(14-6-5-7-16-11-14)20(18,19)15-9-12(2)8-13(3)10-15/h8-10,14,16H,4-7,11H2,1-3H3. The summed E-state index contributed by atoms with van der Waals surface area (Å²) < 4.78 is 27.4. The van der Waals surface area contributed by atoms with Crippen LogP contribution in [0.1, 0.15) is 30.9 Å². The number of hydrogen-bond acceptors (Lipinski definition) is 3. The molecular weight excluding hydrogens is 272 g/mol. The van der Waals surface area contributed by atoms with E-state index in [1.54, 1.807) is 16.4 Å². The molecule has 1 saturated heterocycles. The van der Waals surface area contributed by atoms with Gasteiger partial charge in [0.05, 0.1) is 4.90 Å². The van der Waals surface area contributed by atoms with E-state index in [2.05, 4.69) is 5.32 Å². The van der Waals surface area contributed by atoms with Gasteiger partial charge < -0.3 is 5.32 Å². The maximum absolute atomic E-state index is 12.9. The molecule has 1 N–H and O–H groups in total. The fraction of sp³-hybridized carbons (Fsp3) is 0.600. The average molecular weight is 296 g/mol. The minimum Gasteiger partial charge on any atom is -0.315 e. The minimum absolute atomic E-state index is 0.0690. The van der Waals surface area contributed by atoms with E-state index < -0.39 is 10.0 Å². The SMILES string of the molecule is CCN(C1CCCNC1)S(=O)(=O)c1cc(C)cc(C)c1. The van der Waals surface area contributed by atoms with Crippen LogP contribution in [-0.4, -0.2) is 38.4 Å². The summed E-state index contributed by atoms with van der Waals surface area (Å²) in [5.74, 6) is 0. The Balaban J connectivity index is 2.35. The average Bonchev–Trinajstić information content (AvgIpc) is 2.39. The molecule has 1 atom stereocenters. The molecule has 0 saturated carbocycles. The maximum atomic E-state index is 12.9. The summed E-state index contributed by atoms with van der Waals surface area (Å²) in [6.45, 7) is 8.03. The summed E-state index contributed by atoms with van der Waals surface area (Å²) in [6.07, 6.45) is 1.97. The lowest BCUT2D eigenvalue weighted by Crippen LogP contribution is -2.48. The van der Waals surface area contributed by atoms with Crippen molar-refractivity contribution in [3.63, 3.8) is 0 Å². The predicted octanol–water partition coefficient (Wildman–Crippen LogP) is 2.07. The molecule has 1 aromatic rings. The molecule has 112 valence electrons. The van der Waals surface area contributed by atoms with Crippen LogP contribution in [0.2, 0.25) is 0 Å². The van der Waals surface area contributed by atoms with E-state index in [9.17, 15) is 8.42 Å². The monoisotopic (exact) mass is 296 g/mol. The first-order chi connectivity index (χ1) is 9.45. The highest BCUT2D eigenvalue weighted by molar-refractivity contribution is 7.89. The summed E-state index contributed by atoms with van der Waals surface area (Å²) in [6, 6.07) is 5.60. The summed E-state index contributed by atoms with van der Waals surface area (Å²) in [7, 11) is -3.40. The molecular formula is C15H24N2O2S. The number of nitrogens with one attached hydrogen (secondary N) is 1. The van der Waals surface area contributed by atoms with Crippen molar-refractivity contribution in [2.45, 2.75) is 44.6 Å². The van der Waals surface area contributed by atoms with Gasteiger partial charge in [0.25, 0.3) is 0 Å². The third kappa shape index (κ3) is 3.22. The quantitative estimate of drug-likeness (QED) is 0.925. The highest BCUT2D eigenvalue weighted by Crippen LogP contribution is 2.23. The fourth-order valence-electron chi connectivity index (χ4n) is 2.92. The summed E-state index contributed by atoms with van der Waals surface area (Å²) in [5, 5.41) is 3.29. The molecule has 20 heavy (non-hydrogen) atoms. The van der Waals surface area contributed by atoms with Crippen LogP contribution < -0.4 is 5.32 Å². The van der Waals surface area contributed by atoms with Crippen LogP contribution in [0.5, 0.6) is 0 Å². The van der Waals surface area contributed by atoms with E-state index in [4.69, 9.17) is 0 Å². The lowest BCUT2D eigenvalue weighted by atomic mass is 10.1. The number of piperidine rings is 1. The van der Waals surface area contributed by atoms with Crippen LogP contribution in [0.4, 0.5) is 0 Å². The molecule has 4 nitrogen and oxygen atoms in total. The minimum atomic E-state index is -3.40. The molecule has 1 unspecified atom stereocenters. The van der Waals surface area contributed by atoms with Gasteiger partial charge in [-0.1, -0.05) is 13.0 Å². The number of sulfonamides is 1. The largest absolute Gasteiger partial charge is 0.315 e.